The molecule has 0 radical (unpaired) electrons. The Kier molecular flexibility index (Phi) is 6.28. The van der Waals surface area contributed by atoms with Crippen molar-refractivity contribution in [3.63, 3.8) is 0 Å². The molecule has 2 atom stereocenters. The van der Waals surface area contributed by atoms with Crippen LogP contribution in [0, 0.1) is 11.8 Å². The Morgan fingerprint density at radius 1 is 1.18 bits per heavy atom. The predicted octanol–water partition coefficient (Wildman–Crippen LogP) is 2.23. The van der Waals surface area contributed by atoms with E-state index in [-0.39, 0.29) is 30.3 Å². The van der Waals surface area contributed by atoms with Gasteiger partial charge in [-0.25, -0.2) is 0 Å². The van der Waals surface area contributed by atoms with Gasteiger partial charge in [-0.05, 0) is 31.6 Å². The molecule has 2 unspecified atom stereocenters. The molecule has 2 aliphatic carbocycles. The summed E-state index contributed by atoms with van der Waals surface area (Å²) >= 11 is 0. The van der Waals surface area contributed by atoms with Gasteiger partial charge in [-0.1, -0.05) is 25.7 Å². The Balaban J connectivity index is 0.00000144. The first kappa shape index (κ1) is 14.8. The molecule has 17 heavy (non-hydrogen) atoms. The van der Waals surface area contributed by atoms with Gasteiger partial charge >= 0.3 is 0 Å². The van der Waals surface area contributed by atoms with Crippen LogP contribution in [0.4, 0.5) is 0 Å². The summed E-state index contributed by atoms with van der Waals surface area (Å²) in [6.45, 7) is 0.870. The van der Waals surface area contributed by atoms with Gasteiger partial charge < -0.3 is 11.1 Å². The second-order valence-electron chi connectivity index (χ2n) is 5.50. The first-order chi connectivity index (χ1) is 7.75. The normalized spacial score (nSPS) is 29.0. The Hall–Kier alpha value is -0.280. The molecule has 0 aromatic heterocycles. The Morgan fingerprint density at radius 3 is 2.47 bits per heavy atom. The minimum Gasteiger partial charge on any atom is -0.356 e. The number of hydrogen-bond donors (Lipinski definition) is 2. The molecule has 2 aliphatic rings. The maximum atomic E-state index is 11.8. The number of halogens is 1. The van der Waals surface area contributed by atoms with Crippen LogP contribution in [0.3, 0.4) is 0 Å². The van der Waals surface area contributed by atoms with Gasteiger partial charge in [0.1, 0.15) is 0 Å². The molecule has 0 aromatic carbocycles. The third kappa shape index (κ3) is 4.47. The van der Waals surface area contributed by atoms with E-state index >= 15 is 0 Å². The molecular formula is C13H25ClN2O. The molecule has 100 valence electrons. The molecule has 0 bridgehead atoms. The highest BCUT2D eigenvalue weighted by Gasteiger charge is 2.27. The second kappa shape index (κ2) is 7.22. The topological polar surface area (TPSA) is 55.1 Å². The maximum Gasteiger partial charge on any atom is 0.223 e. The van der Waals surface area contributed by atoms with E-state index in [0.29, 0.717) is 0 Å². The standard InChI is InChI=1S/C13H24N2O.ClH/c14-12-6-5-11(9-12)13(16)15-8-7-10-3-1-2-4-10;/h10-12H,1-9,14H2,(H,15,16);1H. The van der Waals surface area contributed by atoms with E-state index in [2.05, 4.69) is 5.32 Å². The molecule has 2 saturated carbocycles. The number of nitrogens with one attached hydrogen (secondary N) is 1. The van der Waals surface area contributed by atoms with Crippen LogP contribution < -0.4 is 11.1 Å². The summed E-state index contributed by atoms with van der Waals surface area (Å²) in [4.78, 5) is 11.8. The monoisotopic (exact) mass is 260 g/mol. The number of carbonyl (C=O) groups excluding carboxylic acids is 1. The van der Waals surface area contributed by atoms with Crippen LogP contribution in [-0.4, -0.2) is 18.5 Å². The SMILES string of the molecule is Cl.NC1CCC(C(=O)NCCC2CCCC2)C1. The lowest BCUT2D eigenvalue weighted by molar-refractivity contribution is -0.124. The number of amides is 1. The van der Waals surface area contributed by atoms with E-state index in [4.69, 9.17) is 5.73 Å². The Morgan fingerprint density at radius 2 is 1.88 bits per heavy atom. The molecule has 0 saturated heterocycles. The molecule has 0 heterocycles. The molecule has 0 aromatic rings. The van der Waals surface area contributed by atoms with Crippen LogP contribution in [-0.2, 0) is 4.79 Å². The van der Waals surface area contributed by atoms with Crippen LogP contribution in [0.2, 0.25) is 0 Å². The van der Waals surface area contributed by atoms with E-state index in [1.165, 1.54) is 32.1 Å². The van der Waals surface area contributed by atoms with Crippen LogP contribution in [0.25, 0.3) is 0 Å². The molecule has 3 N–H and O–H groups in total. The average molecular weight is 261 g/mol. The van der Waals surface area contributed by atoms with Gasteiger partial charge in [-0.2, -0.15) is 0 Å². The van der Waals surface area contributed by atoms with E-state index in [0.717, 1.165) is 31.7 Å². The summed E-state index contributed by atoms with van der Waals surface area (Å²) in [5.74, 6) is 1.30. The lowest BCUT2D eigenvalue weighted by Crippen LogP contribution is -2.31. The van der Waals surface area contributed by atoms with Crippen molar-refractivity contribution in [2.24, 2.45) is 17.6 Å². The van der Waals surface area contributed by atoms with Crippen LogP contribution in [0.1, 0.15) is 51.4 Å². The van der Waals surface area contributed by atoms with Crippen molar-refractivity contribution in [2.75, 3.05) is 6.54 Å². The van der Waals surface area contributed by atoms with Crippen molar-refractivity contribution in [3.8, 4) is 0 Å². The summed E-state index contributed by atoms with van der Waals surface area (Å²) in [6, 6.07) is 0.255. The van der Waals surface area contributed by atoms with Gasteiger partial charge in [0, 0.05) is 18.5 Å². The molecule has 2 rings (SSSR count). The van der Waals surface area contributed by atoms with E-state index in [9.17, 15) is 4.79 Å². The highest BCUT2D eigenvalue weighted by molar-refractivity contribution is 5.85. The summed E-state index contributed by atoms with van der Waals surface area (Å²) in [5.41, 5.74) is 5.81. The van der Waals surface area contributed by atoms with Crippen molar-refractivity contribution >= 4 is 18.3 Å². The van der Waals surface area contributed by atoms with Crippen molar-refractivity contribution in [1.29, 1.82) is 0 Å². The predicted molar refractivity (Wildman–Crippen MR) is 72.1 cm³/mol. The molecule has 4 heteroatoms. The zero-order chi connectivity index (χ0) is 11.4. The molecule has 2 fully saturated rings. The molecule has 1 amide bonds. The molecule has 0 spiro atoms. The zero-order valence-corrected chi connectivity index (χ0v) is 11.3. The van der Waals surface area contributed by atoms with E-state index < -0.39 is 0 Å². The number of nitrogens with two attached hydrogens (primary N) is 1. The van der Waals surface area contributed by atoms with Gasteiger partial charge in [-0.15, -0.1) is 12.4 Å². The Bertz CT molecular complexity index is 242. The highest BCUT2D eigenvalue weighted by Crippen LogP contribution is 2.27. The van der Waals surface area contributed by atoms with Crippen molar-refractivity contribution < 1.29 is 4.79 Å². The first-order valence-corrected chi connectivity index (χ1v) is 6.79. The van der Waals surface area contributed by atoms with Crippen LogP contribution in [0.5, 0.6) is 0 Å². The summed E-state index contributed by atoms with van der Waals surface area (Å²) in [5, 5.41) is 3.08. The lowest BCUT2D eigenvalue weighted by Gasteiger charge is -2.13. The molecule has 3 nitrogen and oxygen atoms in total. The fourth-order valence-electron chi connectivity index (χ4n) is 3.10. The van der Waals surface area contributed by atoms with Crippen molar-refractivity contribution in [1.82, 2.24) is 5.32 Å². The minimum absolute atomic E-state index is 0. The quantitative estimate of drug-likeness (QED) is 0.815. The van der Waals surface area contributed by atoms with Gasteiger partial charge in [-0.3, -0.25) is 4.79 Å². The van der Waals surface area contributed by atoms with Crippen LogP contribution >= 0.6 is 12.4 Å². The van der Waals surface area contributed by atoms with Gasteiger partial charge in [0.05, 0.1) is 0 Å². The number of carbonyl (C=O) groups is 1. The summed E-state index contributed by atoms with van der Waals surface area (Å²) < 4.78 is 0. The molecular weight excluding hydrogens is 236 g/mol. The fourth-order valence-corrected chi connectivity index (χ4v) is 3.10. The lowest BCUT2D eigenvalue weighted by atomic mass is 10.0. The first-order valence-electron chi connectivity index (χ1n) is 6.79. The van der Waals surface area contributed by atoms with Crippen LogP contribution in [0.15, 0.2) is 0 Å². The number of hydrogen-bond acceptors (Lipinski definition) is 2. The number of rotatable bonds is 4. The summed E-state index contributed by atoms with van der Waals surface area (Å²) in [6.07, 6.45) is 9.55. The Labute approximate surface area is 110 Å². The fraction of sp³-hybridized carbons (Fsp3) is 0.923. The molecule has 0 aliphatic heterocycles. The third-order valence-corrected chi connectivity index (χ3v) is 4.17. The highest BCUT2D eigenvalue weighted by atomic mass is 35.5. The largest absolute Gasteiger partial charge is 0.356 e. The van der Waals surface area contributed by atoms with Crippen molar-refractivity contribution in [2.45, 2.75) is 57.4 Å². The minimum atomic E-state index is 0. The zero-order valence-electron chi connectivity index (χ0n) is 10.5. The van der Waals surface area contributed by atoms with Crippen molar-refractivity contribution in [3.05, 3.63) is 0 Å². The smallest absolute Gasteiger partial charge is 0.223 e. The third-order valence-electron chi connectivity index (χ3n) is 4.17. The summed E-state index contributed by atoms with van der Waals surface area (Å²) in [7, 11) is 0. The van der Waals surface area contributed by atoms with Gasteiger partial charge in [0.2, 0.25) is 5.91 Å². The van der Waals surface area contributed by atoms with E-state index in [1.807, 2.05) is 0 Å². The van der Waals surface area contributed by atoms with Gasteiger partial charge in [0.25, 0.3) is 0 Å². The maximum absolute atomic E-state index is 11.8. The second-order valence-corrected chi connectivity index (χ2v) is 5.50. The van der Waals surface area contributed by atoms with Gasteiger partial charge in [0.15, 0.2) is 0 Å². The van der Waals surface area contributed by atoms with E-state index in [1.54, 1.807) is 0 Å². The average Bonchev–Trinajstić information content (AvgIpc) is 2.89.